The summed E-state index contributed by atoms with van der Waals surface area (Å²) in [4.78, 5) is 27.3. The number of Topliss-reactive ketones (excluding diaryl/α,β-unsaturated/α-hetero) is 1. The van der Waals surface area contributed by atoms with Crippen LogP contribution in [0.25, 0.3) is 0 Å². The topological polar surface area (TPSA) is 49.4 Å². The lowest BCUT2D eigenvalue weighted by Crippen LogP contribution is -2.43. The molecule has 3 atom stereocenters. The van der Waals surface area contributed by atoms with Gasteiger partial charge in [0.05, 0.1) is 0 Å². The second-order valence-electron chi connectivity index (χ2n) is 7.84. The summed E-state index contributed by atoms with van der Waals surface area (Å²) in [7, 11) is 0. The highest BCUT2D eigenvalue weighted by Crippen LogP contribution is 2.26. The van der Waals surface area contributed by atoms with Crippen LogP contribution in [0.2, 0.25) is 0 Å². The molecule has 0 spiro atoms. The van der Waals surface area contributed by atoms with Crippen LogP contribution in [0, 0.1) is 23.6 Å². The molecule has 2 aliphatic heterocycles. The van der Waals surface area contributed by atoms with Crippen LogP contribution in [-0.2, 0) is 4.79 Å². The van der Waals surface area contributed by atoms with E-state index in [1.165, 1.54) is 37.1 Å². The molecule has 2 saturated heterocycles. The first-order chi connectivity index (χ1) is 12.5. The fourth-order valence-corrected chi connectivity index (χ4v) is 4.20. The molecule has 142 valence electrons. The molecular formula is C21H29FN2O2. The van der Waals surface area contributed by atoms with Gasteiger partial charge < -0.3 is 10.2 Å². The molecule has 3 rings (SSSR count). The van der Waals surface area contributed by atoms with Crippen molar-refractivity contribution in [3.05, 3.63) is 35.6 Å². The van der Waals surface area contributed by atoms with E-state index in [1.807, 2.05) is 4.90 Å². The summed E-state index contributed by atoms with van der Waals surface area (Å²) in [5.41, 5.74) is 0.535. The molecule has 5 heteroatoms. The summed E-state index contributed by atoms with van der Waals surface area (Å²) in [6.07, 6.45) is 4.57. The van der Waals surface area contributed by atoms with E-state index in [2.05, 4.69) is 12.2 Å². The normalized spacial score (nSPS) is 24.9. The fourth-order valence-electron chi connectivity index (χ4n) is 4.20. The van der Waals surface area contributed by atoms with E-state index in [-0.39, 0.29) is 23.4 Å². The SMILES string of the molecule is CC(CC(=O)N1CCCC(C(=O)c2ccc(F)cc2)C1)C1CCCNC1. The van der Waals surface area contributed by atoms with E-state index in [9.17, 15) is 14.0 Å². The Morgan fingerprint density at radius 1 is 1.23 bits per heavy atom. The maximum atomic E-state index is 13.1. The third-order valence-corrected chi connectivity index (χ3v) is 5.91. The maximum Gasteiger partial charge on any atom is 0.222 e. The number of carbonyl (C=O) groups is 2. The third kappa shape index (κ3) is 4.70. The number of halogens is 1. The monoisotopic (exact) mass is 360 g/mol. The molecule has 0 aromatic heterocycles. The van der Waals surface area contributed by atoms with Crippen molar-refractivity contribution < 1.29 is 14.0 Å². The third-order valence-electron chi connectivity index (χ3n) is 5.91. The number of hydrogen-bond donors (Lipinski definition) is 1. The highest BCUT2D eigenvalue weighted by atomic mass is 19.1. The van der Waals surface area contributed by atoms with E-state index in [4.69, 9.17) is 0 Å². The minimum absolute atomic E-state index is 0.0204. The first-order valence-electron chi connectivity index (χ1n) is 9.83. The zero-order valence-corrected chi connectivity index (χ0v) is 15.5. The van der Waals surface area contributed by atoms with Gasteiger partial charge in [0.15, 0.2) is 5.78 Å². The van der Waals surface area contributed by atoms with E-state index in [0.29, 0.717) is 30.4 Å². The van der Waals surface area contributed by atoms with Gasteiger partial charge >= 0.3 is 0 Å². The van der Waals surface area contributed by atoms with E-state index < -0.39 is 0 Å². The maximum absolute atomic E-state index is 13.1. The van der Waals surface area contributed by atoms with E-state index >= 15 is 0 Å². The van der Waals surface area contributed by atoms with Crippen molar-refractivity contribution in [2.75, 3.05) is 26.2 Å². The minimum Gasteiger partial charge on any atom is -0.342 e. The molecule has 2 aliphatic rings. The highest BCUT2D eigenvalue weighted by Gasteiger charge is 2.30. The molecule has 1 aromatic rings. The smallest absolute Gasteiger partial charge is 0.222 e. The van der Waals surface area contributed by atoms with Gasteiger partial charge in [-0.15, -0.1) is 0 Å². The zero-order chi connectivity index (χ0) is 18.5. The summed E-state index contributed by atoms with van der Waals surface area (Å²) >= 11 is 0. The summed E-state index contributed by atoms with van der Waals surface area (Å²) in [5.74, 6) is 0.599. The van der Waals surface area contributed by atoms with Crippen molar-refractivity contribution in [2.45, 2.75) is 39.0 Å². The van der Waals surface area contributed by atoms with Crippen LogP contribution < -0.4 is 5.32 Å². The molecule has 1 aromatic carbocycles. The molecule has 0 radical (unpaired) electrons. The number of benzene rings is 1. The van der Waals surface area contributed by atoms with Crippen molar-refractivity contribution >= 4 is 11.7 Å². The molecule has 0 saturated carbocycles. The lowest BCUT2D eigenvalue weighted by atomic mass is 9.84. The van der Waals surface area contributed by atoms with E-state index in [0.717, 1.165) is 32.5 Å². The Hall–Kier alpha value is -1.75. The fraction of sp³-hybridized carbons (Fsp3) is 0.619. The second kappa shape index (κ2) is 8.76. The number of ketones is 1. The van der Waals surface area contributed by atoms with Gasteiger partial charge in [0.1, 0.15) is 5.82 Å². The standard InChI is InChI=1S/C21H29FN2O2/c1-15(17-4-2-10-23-13-17)12-20(25)24-11-3-5-18(14-24)21(26)16-6-8-19(22)9-7-16/h6-9,15,17-18,23H,2-5,10-14H2,1H3. The Morgan fingerprint density at radius 3 is 2.69 bits per heavy atom. The first-order valence-corrected chi connectivity index (χ1v) is 9.83. The number of nitrogens with one attached hydrogen (secondary N) is 1. The van der Waals surface area contributed by atoms with Gasteiger partial charge in [-0.25, -0.2) is 4.39 Å². The molecule has 0 bridgehead atoms. The quantitative estimate of drug-likeness (QED) is 0.820. The first kappa shape index (κ1) is 19.0. The van der Waals surface area contributed by atoms with Crippen LogP contribution >= 0.6 is 0 Å². The largest absolute Gasteiger partial charge is 0.342 e. The van der Waals surface area contributed by atoms with Gasteiger partial charge in [-0.1, -0.05) is 6.92 Å². The van der Waals surface area contributed by atoms with Gasteiger partial charge in [0.2, 0.25) is 5.91 Å². The van der Waals surface area contributed by atoms with Gasteiger partial charge in [0.25, 0.3) is 0 Å². The minimum atomic E-state index is -0.340. The van der Waals surface area contributed by atoms with Crippen LogP contribution in [0.15, 0.2) is 24.3 Å². The van der Waals surface area contributed by atoms with Crippen LogP contribution in [0.5, 0.6) is 0 Å². The van der Waals surface area contributed by atoms with Crippen molar-refractivity contribution in [3.63, 3.8) is 0 Å². The summed E-state index contributed by atoms with van der Waals surface area (Å²) in [6.45, 7) is 5.48. The molecule has 3 unspecified atom stereocenters. The van der Waals surface area contributed by atoms with Gasteiger partial charge in [-0.2, -0.15) is 0 Å². The number of nitrogens with zero attached hydrogens (tertiary/aromatic N) is 1. The van der Waals surface area contributed by atoms with Crippen LogP contribution in [0.1, 0.15) is 49.4 Å². The molecule has 26 heavy (non-hydrogen) atoms. The zero-order valence-electron chi connectivity index (χ0n) is 15.5. The number of piperidine rings is 2. The van der Waals surface area contributed by atoms with Gasteiger partial charge in [0, 0.05) is 31.0 Å². The molecule has 0 aliphatic carbocycles. The number of likely N-dealkylation sites (tertiary alicyclic amines) is 1. The second-order valence-corrected chi connectivity index (χ2v) is 7.84. The Kier molecular flexibility index (Phi) is 6.41. The predicted molar refractivity (Wildman–Crippen MR) is 99.4 cm³/mol. The Labute approximate surface area is 155 Å². The summed E-state index contributed by atoms with van der Waals surface area (Å²) in [6, 6.07) is 5.71. The lowest BCUT2D eigenvalue weighted by molar-refractivity contribution is -0.134. The predicted octanol–water partition coefficient (Wildman–Crippen LogP) is 3.27. The lowest BCUT2D eigenvalue weighted by Gasteiger charge is -2.34. The molecule has 2 heterocycles. The number of rotatable bonds is 5. The average molecular weight is 360 g/mol. The van der Waals surface area contributed by atoms with Crippen molar-refractivity contribution in [2.24, 2.45) is 17.8 Å². The van der Waals surface area contributed by atoms with Crippen LogP contribution in [-0.4, -0.2) is 42.8 Å². The van der Waals surface area contributed by atoms with Gasteiger partial charge in [-0.3, -0.25) is 9.59 Å². The van der Waals surface area contributed by atoms with Crippen LogP contribution in [0.3, 0.4) is 0 Å². The molecule has 2 fully saturated rings. The Morgan fingerprint density at radius 2 is 2.00 bits per heavy atom. The Balaban J connectivity index is 1.56. The van der Waals surface area contributed by atoms with Crippen molar-refractivity contribution in [3.8, 4) is 0 Å². The molecule has 1 N–H and O–H groups in total. The van der Waals surface area contributed by atoms with Gasteiger partial charge in [-0.05, 0) is 74.9 Å². The number of carbonyl (C=O) groups excluding carboxylic acids is 2. The van der Waals surface area contributed by atoms with Crippen LogP contribution in [0.4, 0.5) is 4.39 Å². The Bertz CT molecular complexity index is 625. The van der Waals surface area contributed by atoms with Crippen molar-refractivity contribution in [1.29, 1.82) is 0 Å². The summed E-state index contributed by atoms with van der Waals surface area (Å²) < 4.78 is 13.1. The average Bonchev–Trinajstić information content (AvgIpc) is 2.68. The molecule has 4 nitrogen and oxygen atoms in total. The molecular weight excluding hydrogens is 331 g/mol. The highest BCUT2D eigenvalue weighted by molar-refractivity contribution is 5.98. The summed E-state index contributed by atoms with van der Waals surface area (Å²) in [5, 5.41) is 3.42. The number of amides is 1. The molecule has 1 amide bonds. The van der Waals surface area contributed by atoms with Crippen molar-refractivity contribution in [1.82, 2.24) is 10.2 Å². The number of hydrogen-bond acceptors (Lipinski definition) is 3. The van der Waals surface area contributed by atoms with E-state index in [1.54, 1.807) is 0 Å².